The molecule has 4 nitrogen and oxygen atoms in total. The van der Waals surface area contributed by atoms with E-state index in [9.17, 15) is 4.55 Å². The summed E-state index contributed by atoms with van der Waals surface area (Å²) in [6, 6.07) is 5.77. The zero-order valence-corrected chi connectivity index (χ0v) is 12.7. The summed E-state index contributed by atoms with van der Waals surface area (Å²) in [5.41, 5.74) is 1.02. The van der Waals surface area contributed by atoms with Crippen LogP contribution in [0.25, 0.3) is 0 Å². The number of benzene rings is 1. The molecule has 0 saturated carbocycles. The molecule has 1 aliphatic rings. The Labute approximate surface area is 117 Å². The van der Waals surface area contributed by atoms with E-state index in [2.05, 4.69) is 4.72 Å². The largest absolute Gasteiger partial charge is 0.598 e. The molecular weight excluding hydrogens is 262 g/mol. The minimum Gasteiger partial charge on any atom is -0.598 e. The molecule has 1 heterocycles. The van der Waals surface area contributed by atoms with E-state index in [4.69, 9.17) is 9.47 Å². The number of methoxy groups -OCH3 is 1. The fraction of sp³-hybridized carbons (Fsp3) is 0.571. The average Bonchev–Trinajstić information content (AvgIpc) is 2.37. The second-order valence-electron chi connectivity index (χ2n) is 5.59. The Morgan fingerprint density at radius 3 is 2.79 bits per heavy atom. The lowest BCUT2D eigenvalue weighted by Crippen LogP contribution is -2.42. The zero-order valence-electron chi connectivity index (χ0n) is 11.9. The first-order valence-electron chi connectivity index (χ1n) is 6.40. The molecule has 0 aromatic heterocycles. The second-order valence-corrected chi connectivity index (χ2v) is 7.59. The van der Waals surface area contributed by atoms with E-state index in [1.165, 1.54) is 0 Å². The van der Waals surface area contributed by atoms with Crippen LogP contribution in [0.15, 0.2) is 18.2 Å². The van der Waals surface area contributed by atoms with Crippen LogP contribution in [0.3, 0.4) is 0 Å². The normalized spacial score (nSPS) is 20.4. The number of nitrogens with one attached hydrogen (secondary N) is 1. The van der Waals surface area contributed by atoms with Gasteiger partial charge in [0.1, 0.15) is 16.2 Å². The summed E-state index contributed by atoms with van der Waals surface area (Å²) in [6.45, 7) is 6.52. The van der Waals surface area contributed by atoms with Gasteiger partial charge in [0.15, 0.2) is 0 Å². The average molecular weight is 283 g/mol. The van der Waals surface area contributed by atoms with Crippen LogP contribution in [0.4, 0.5) is 0 Å². The molecule has 2 rings (SSSR count). The lowest BCUT2D eigenvalue weighted by molar-refractivity contribution is 0.261. The van der Waals surface area contributed by atoms with Crippen LogP contribution in [0.2, 0.25) is 0 Å². The molecule has 0 spiro atoms. The molecule has 106 valence electrons. The highest BCUT2D eigenvalue weighted by molar-refractivity contribution is 7.90. The van der Waals surface area contributed by atoms with E-state index in [1.54, 1.807) is 7.11 Å². The lowest BCUT2D eigenvalue weighted by atomic mass is 10.0. The van der Waals surface area contributed by atoms with E-state index in [-0.39, 0.29) is 10.8 Å². The van der Waals surface area contributed by atoms with E-state index in [0.717, 1.165) is 23.5 Å². The highest BCUT2D eigenvalue weighted by atomic mass is 32.2. The number of fused-ring (bicyclic) bond motifs is 1. The Bertz CT molecular complexity index is 445. The van der Waals surface area contributed by atoms with Crippen LogP contribution >= 0.6 is 0 Å². The van der Waals surface area contributed by atoms with Crippen molar-refractivity contribution in [3.8, 4) is 11.5 Å². The summed E-state index contributed by atoms with van der Waals surface area (Å²) < 4.78 is 26.0. The molecule has 0 fully saturated rings. The van der Waals surface area contributed by atoms with Gasteiger partial charge in [-0.25, -0.2) is 0 Å². The van der Waals surface area contributed by atoms with Crippen molar-refractivity contribution in [2.24, 2.45) is 0 Å². The van der Waals surface area contributed by atoms with Gasteiger partial charge in [-0.1, -0.05) is 0 Å². The smallest absolute Gasteiger partial charge is 0.136 e. The molecule has 0 bridgehead atoms. The van der Waals surface area contributed by atoms with Gasteiger partial charge in [-0.05, 0) is 39.0 Å². The Kier molecular flexibility index (Phi) is 4.28. The quantitative estimate of drug-likeness (QED) is 0.866. The number of hydrogen-bond donors (Lipinski definition) is 1. The number of ether oxygens (including phenoxy) is 2. The molecule has 0 radical (unpaired) electrons. The third-order valence-corrected chi connectivity index (χ3v) is 4.67. The van der Waals surface area contributed by atoms with Crippen molar-refractivity contribution < 1.29 is 14.0 Å². The van der Waals surface area contributed by atoms with Gasteiger partial charge in [0.2, 0.25) is 0 Å². The molecule has 1 aromatic rings. The van der Waals surface area contributed by atoms with Gasteiger partial charge < -0.3 is 14.0 Å². The molecule has 0 saturated heterocycles. The Morgan fingerprint density at radius 2 is 2.16 bits per heavy atom. The minimum absolute atomic E-state index is 0.0407. The van der Waals surface area contributed by atoms with Crippen LogP contribution in [0.1, 0.15) is 38.8 Å². The van der Waals surface area contributed by atoms with Gasteiger partial charge >= 0.3 is 0 Å². The number of hydrogen-bond acceptors (Lipinski definition) is 4. The fourth-order valence-corrected chi connectivity index (χ4v) is 2.78. The number of rotatable bonds is 3. The van der Waals surface area contributed by atoms with Crippen LogP contribution in [-0.2, 0) is 11.4 Å². The maximum absolute atomic E-state index is 12.2. The van der Waals surface area contributed by atoms with E-state index in [1.807, 2.05) is 39.0 Å². The van der Waals surface area contributed by atoms with Crippen LogP contribution in [0.5, 0.6) is 11.5 Å². The van der Waals surface area contributed by atoms with Crippen molar-refractivity contribution in [3.63, 3.8) is 0 Å². The van der Waals surface area contributed by atoms with Crippen molar-refractivity contribution >= 4 is 11.4 Å². The minimum atomic E-state index is -1.10. The van der Waals surface area contributed by atoms with Crippen molar-refractivity contribution in [1.82, 2.24) is 4.72 Å². The SMILES string of the molecule is COc1ccc2c(c1)C(N[S+]([O-])C(C)(C)C)CCO2. The third-order valence-electron chi connectivity index (χ3n) is 3.06. The lowest BCUT2D eigenvalue weighted by Gasteiger charge is -2.31. The molecule has 2 atom stereocenters. The highest BCUT2D eigenvalue weighted by Gasteiger charge is 2.32. The van der Waals surface area contributed by atoms with E-state index in [0.29, 0.717) is 6.61 Å². The van der Waals surface area contributed by atoms with Crippen LogP contribution in [0, 0.1) is 0 Å². The topological polar surface area (TPSA) is 53.5 Å². The summed E-state index contributed by atoms with van der Waals surface area (Å²) in [6.07, 6.45) is 0.808. The third kappa shape index (κ3) is 3.35. The molecule has 1 aliphatic heterocycles. The van der Waals surface area contributed by atoms with Gasteiger partial charge in [0, 0.05) is 23.3 Å². The predicted octanol–water partition coefficient (Wildman–Crippen LogP) is 2.57. The fourth-order valence-electron chi connectivity index (χ4n) is 1.93. The first kappa shape index (κ1) is 14.5. The molecule has 0 aliphatic carbocycles. The van der Waals surface area contributed by atoms with Gasteiger partial charge in [-0.15, -0.1) is 4.72 Å². The Hall–Kier alpha value is -0.910. The monoisotopic (exact) mass is 283 g/mol. The second kappa shape index (κ2) is 5.61. The Balaban J connectivity index is 2.21. The summed E-state index contributed by atoms with van der Waals surface area (Å²) >= 11 is -1.10. The van der Waals surface area contributed by atoms with Crippen LogP contribution < -0.4 is 14.2 Å². The molecule has 5 heteroatoms. The molecule has 1 aromatic carbocycles. The first-order chi connectivity index (χ1) is 8.91. The van der Waals surface area contributed by atoms with Crippen molar-refractivity contribution in [2.45, 2.75) is 38.0 Å². The van der Waals surface area contributed by atoms with E-state index >= 15 is 0 Å². The molecular formula is C14H21NO3S. The molecule has 1 N–H and O–H groups in total. The molecule has 19 heavy (non-hydrogen) atoms. The van der Waals surface area contributed by atoms with Gasteiger partial charge in [-0.3, -0.25) is 0 Å². The van der Waals surface area contributed by atoms with Crippen molar-refractivity contribution in [1.29, 1.82) is 0 Å². The first-order valence-corrected chi connectivity index (χ1v) is 7.55. The standard InChI is InChI=1S/C14H21NO3S/c1-14(2,3)19(16)15-12-7-8-18-13-6-5-10(17-4)9-11(12)13/h5-6,9,12,15H,7-8H2,1-4H3. The summed E-state index contributed by atoms with van der Waals surface area (Å²) in [5.74, 6) is 1.63. The molecule has 0 amide bonds. The maximum atomic E-state index is 12.2. The summed E-state index contributed by atoms with van der Waals surface area (Å²) in [5, 5.41) is 0. The van der Waals surface area contributed by atoms with Crippen molar-refractivity contribution in [2.75, 3.05) is 13.7 Å². The zero-order chi connectivity index (χ0) is 14.0. The highest BCUT2D eigenvalue weighted by Crippen LogP contribution is 2.35. The van der Waals surface area contributed by atoms with Crippen molar-refractivity contribution in [3.05, 3.63) is 23.8 Å². The predicted molar refractivity (Wildman–Crippen MR) is 76.9 cm³/mol. The van der Waals surface area contributed by atoms with Gasteiger partial charge in [-0.2, -0.15) is 0 Å². The summed E-state index contributed by atoms with van der Waals surface area (Å²) in [4.78, 5) is 0. The van der Waals surface area contributed by atoms with E-state index < -0.39 is 11.4 Å². The Morgan fingerprint density at radius 1 is 1.42 bits per heavy atom. The summed E-state index contributed by atoms with van der Waals surface area (Å²) in [7, 11) is 1.64. The van der Waals surface area contributed by atoms with Crippen LogP contribution in [-0.4, -0.2) is 23.0 Å². The van der Waals surface area contributed by atoms with Gasteiger partial charge in [0.25, 0.3) is 0 Å². The molecule has 2 unspecified atom stereocenters. The van der Waals surface area contributed by atoms with Gasteiger partial charge in [0.05, 0.1) is 19.8 Å². The maximum Gasteiger partial charge on any atom is 0.136 e.